The quantitative estimate of drug-likeness (QED) is 0.623. The first-order valence-corrected chi connectivity index (χ1v) is 5.76. The van der Waals surface area contributed by atoms with Crippen LogP contribution < -0.4 is 5.32 Å². The first-order chi connectivity index (χ1) is 6.79. The van der Waals surface area contributed by atoms with Crippen molar-refractivity contribution in [2.45, 2.75) is 31.8 Å². The van der Waals surface area contributed by atoms with E-state index in [1.54, 1.807) is 0 Å². The smallest absolute Gasteiger partial charge is 0.0576 e. The summed E-state index contributed by atoms with van der Waals surface area (Å²) in [5.41, 5.74) is 0. The van der Waals surface area contributed by atoms with E-state index < -0.39 is 0 Å². The van der Waals surface area contributed by atoms with Crippen molar-refractivity contribution in [1.82, 2.24) is 10.2 Å². The largest absolute Gasteiger partial charge is 0.378 e. The monoisotopic (exact) mass is 200 g/mol. The standard InChI is InChI=1S/C11H24N2O/c1-13(2)9-8-12-7-3-5-11-6-4-10-14-11/h11-12H,3-10H2,1-2H3. The minimum Gasteiger partial charge on any atom is -0.378 e. The Kier molecular flexibility index (Phi) is 6.15. The van der Waals surface area contributed by atoms with Gasteiger partial charge >= 0.3 is 0 Å². The molecule has 3 heteroatoms. The molecule has 84 valence electrons. The van der Waals surface area contributed by atoms with Crippen molar-refractivity contribution in [2.75, 3.05) is 40.3 Å². The van der Waals surface area contributed by atoms with Crippen LogP contribution in [0.15, 0.2) is 0 Å². The van der Waals surface area contributed by atoms with Gasteiger partial charge in [-0.1, -0.05) is 0 Å². The number of likely N-dealkylation sites (N-methyl/N-ethyl adjacent to an activating group) is 1. The molecule has 1 N–H and O–H groups in total. The summed E-state index contributed by atoms with van der Waals surface area (Å²) in [6.45, 7) is 4.34. The Hall–Kier alpha value is -0.120. The molecule has 0 aromatic rings. The van der Waals surface area contributed by atoms with Crippen LogP contribution in [0.4, 0.5) is 0 Å². The Bertz CT molecular complexity index is 133. The van der Waals surface area contributed by atoms with Crippen LogP contribution in [0.25, 0.3) is 0 Å². The topological polar surface area (TPSA) is 24.5 Å². The maximum Gasteiger partial charge on any atom is 0.0576 e. The summed E-state index contributed by atoms with van der Waals surface area (Å²) in [4.78, 5) is 2.20. The maximum absolute atomic E-state index is 5.56. The molecule has 14 heavy (non-hydrogen) atoms. The van der Waals surface area contributed by atoms with Gasteiger partial charge in [-0.05, 0) is 46.3 Å². The van der Waals surface area contributed by atoms with Crippen LogP contribution in [0.5, 0.6) is 0 Å². The van der Waals surface area contributed by atoms with Gasteiger partial charge in [-0.3, -0.25) is 0 Å². The van der Waals surface area contributed by atoms with Crippen molar-refractivity contribution < 1.29 is 4.74 Å². The van der Waals surface area contributed by atoms with E-state index >= 15 is 0 Å². The lowest BCUT2D eigenvalue weighted by atomic mass is 10.1. The van der Waals surface area contributed by atoms with E-state index in [-0.39, 0.29) is 0 Å². The van der Waals surface area contributed by atoms with Gasteiger partial charge in [0.2, 0.25) is 0 Å². The molecular weight excluding hydrogens is 176 g/mol. The van der Waals surface area contributed by atoms with Gasteiger partial charge in [-0.25, -0.2) is 0 Å². The molecule has 0 aromatic carbocycles. The number of nitrogens with zero attached hydrogens (tertiary/aromatic N) is 1. The fraction of sp³-hybridized carbons (Fsp3) is 1.00. The van der Waals surface area contributed by atoms with Gasteiger partial charge in [0, 0.05) is 19.7 Å². The molecule has 1 heterocycles. The summed E-state index contributed by atoms with van der Waals surface area (Å²) in [5, 5.41) is 3.44. The molecular formula is C11H24N2O. The van der Waals surface area contributed by atoms with Crippen molar-refractivity contribution in [2.24, 2.45) is 0 Å². The molecule has 3 nitrogen and oxygen atoms in total. The summed E-state index contributed by atoms with van der Waals surface area (Å²) in [6, 6.07) is 0. The number of nitrogens with one attached hydrogen (secondary N) is 1. The van der Waals surface area contributed by atoms with Gasteiger partial charge in [-0.15, -0.1) is 0 Å². The minimum absolute atomic E-state index is 0.561. The van der Waals surface area contributed by atoms with Gasteiger partial charge in [0.15, 0.2) is 0 Å². The van der Waals surface area contributed by atoms with Gasteiger partial charge in [0.25, 0.3) is 0 Å². The molecule has 0 radical (unpaired) electrons. The Morgan fingerprint density at radius 1 is 1.36 bits per heavy atom. The predicted octanol–water partition coefficient (Wildman–Crippen LogP) is 1.10. The van der Waals surface area contributed by atoms with Crippen LogP contribution in [-0.2, 0) is 4.74 Å². The fourth-order valence-corrected chi connectivity index (χ4v) is 1.75. The van der Waals surface area contributed by atoms with E-state index in [4.69, 9.17) is 4.74 Å². The predicted molar refractivity (Wildman–Crippen MR) is 59.6 cm³/mol. The highest BCUT2D eigenvalue weighted by Gasteiger charge is 2.13. The molecule has 0 bridgehead atoms. The highest BCUT2D eigenvalue weighted by atomic mass is 16.5. The third kappa shape index (κ3) is 5.58. The molecule has 1 fully saturated rings. The molecule has 1 atom stereocenters. The first kappa shape index (κ1) is 12.0. The van der Waals surface area contributed by atoms with E-state index in [1.807, 2.05) is 0 Å². The summed E-state index contributed by atoms with van der Waals surface area (Å²) < 4.78 is 5.56. The normalized spacial score (nSPS) is 22.1. The number of hydrogen-bond donors (Lipinski definition) is 1. The number of ether oxygens (including phenoxy) is 1. The lowest BCUT2D eigenvalue weighted by Crippen LogP contribution is -2.27. The SMILES string of the molecule is CN(C)CCNCCCC1CCCO1. The summed E-state index contributed by atoms with van der Waals surface area (Å²) >= 11 is 0. The highest BCUT2D eigenvalue weighted by molar-refractivity contribution is 4.65. The number of hydrogen-bond acceptors (Lipinski definition) is 3. The molecule has 1 rings (SSSR count). The second-order valence-corrected chi connectivity index (χ2v) is 4.33. The molecule has 1 aliphatic rings. The second kappa shape index (κ2) is 7.21. The molecule has 1 unspecified atom stereocenters. The lowest BCUT2D eigenvalue weighted by molar-refractivity contribution is 0.102. The van der Waals surface area contributed by atoms with Crippen LogP contribution in [0, 0.1) is 0 Å². The Morgan fingerprint density at radius 3 is 2.86 bits per heavy atom. The fourth-order valence-electron chi connectivity index (χ4n) is 1.75. The zero-order chi connectivity index (χ0) is 10.2. The van der Waals surface area contributed by atoms with Crippen molar-refractivity contribution in [3.63, 3.8) is 0 Å². The van der Waals surface area contributed by atoms with Crippen molar-refractivity contribution >= 4 is 0 Å². The van der Waals surface area contributed by atoms with Crippen LogP contribution in [0.3, 0.4) is 0 Å². The Balaban J connectivity index is 1.79. The van der Waals surface area contributed by atoms with E-state index in [1.165, 1.54) is 25.7 Å². The summed E-state index contributed by atoms with van der Waals surface area (Å²) in [7, 11) is 4.21. The van der Waals surface area contributed by atoms with Gasteiger partial charge in [0.05, 0.1) is 6.10 Å². The third-order valence-corrected chi connectivity index (χ3v) is 2.64. The van der Waals surface area contributed by atoms with Gasteiger partial charge in [0.1, 0.15) is 0 Å². The molecule has 0 aromatic heterocycles. The molecule has 0 amide bonds. The van der Waals surface area contributed by atoms with E-state index in [2.05, 4.69) is 24.3 Å². The van der Waals surface area contributed by atoms with E-state index in [0.717, 1.165) is 26.2 Å². The third-order valence-electron chi connectivity index (χ3n) is 2.64. The van der Waals surface area contributed by atoms with Crippen LogP contribution >= 0.6 is 0 Å². The lowest BCUT2D eigenvalue weighted by Gasteiger charge is -2.11. The van der Waals surface area contributed by atoms with Crippen molar-refractivity contribution in [3.05, 3.63) is 0 Å². The summed E-state index contributed by atoms with van der Waals surface area (Å²) in [6.07, 6.45) is 5.58. The molecule has 1 aliphatic heterocycles. The zero-order valence-corrected chi connectivity index (χ0v) is 9.59. The first-order valence-electron chi connectivity index (χ1n) is 5.76. The van der Waals surface area contributed by atoms with Gasteiger partial charge in [-0.2, -0.15) is 0 Å². The summed E-state index contributed by atoms with van der Waals surface area (Å²) in [5.74, 6) is 0. The highest BCUT2D eigenvalue weighted by Crippen LogP contribution is 2.16. The average Bonchev–Trinajstić information content (AvgIpc) is 2.63. The molecule has 0 spiro atoms. The van der Waals surface area contributed by atoms with E-state index in [0.29, 0.717) is 6.10 Å². The van der Waals surface area contributed by atoms with Crippen molar-refractivity contribution in [3.8, 4) is 0 Å². The van der Waals surface area contributed by atoms with E-state index in [9.17, 15) is 0 Å². The molecule has 0 aliphatic carbocycles. The second-order valence-electron chi connectivity index (χ2n) is 4.33. The van der Waals surface area contributed by atoms with Crippen molar-refractivity contribution in [1.29, 1.82) is 0 Å². The number of rotatable bonds is 7. The molecule has 0 saturated carbocycles. The average molecular weight is 200 g/mol. The Morgan fingerprint density at radius 2 is 2.21 bits per heavy atom. The minimum atomic E-state index is 0.561. The van der Waals surface area contributed by atoms with Crippen LogP contribution in [-0.4, -0.2) is 51.3 Å². The van der Waals surface area contributed by atoms with Crippen LogP contribution in [0.2, 0.25) is 0 Å². The molecule has 1 saturated heterocycles. The Labute approximate surface area is 87.8 Å². The maximum atomic E-state index is 5.56. The zero-order valence-electron chi connectivity index (χ0n) is 9.59. The van der Waals surface area contributed by atoms with Gasteiger partial charge < -0.3 is 15.0 Å². The van der Waals surface area contributed by atoms with Crippen LogP contribution in [0.1, 0.15) is 25.7 Å².